The van der Waals surface area contributed by atoms with Gasteiger partial charge < -0.3 is 5.73 Å². The Bertz CT molecular complexity index is 158. The van der Waals surface area contributed by atoms with Gasteiger partial charge in [-0.1, -0.05) is 38.3 Å². The molecule has 0 saturated heterocycles. The maximum absolute atomic E-state index is 5.66. The summed E-state index contributed by atoms with van der Waals surface area (Å²) in [6.07, 6.45) is 9.13. The Morgan fingerprint density at radius 1 is 1.31 bits per heavy atom. The van der Waals surface area contributed by atoms with Crippen molar-refractivity contribution in [1.29, 1.82) is 0 Å². The molecule has 1 aliphatic rings. The van der Waals surface area contributed by atoms with Gasteiger partial charge in [0.2, 0.25) is 0 Å². The summed E-state index contributed by atoms with van der Waals surface area (Å²) in [4.78, 5) is 0. The van der Waals surface area contributed by atoms with Gasteiger partial charge in [0.1, 0.15) is 0 Å². The van der Waals surface area contributed by atoms with Crippen LogP contribution in [-0.2, 0) is 0 Å². The second-order valence-electron chi connectivity index (χ2n) is 4.40. The van der Waals surface area contributed by atoms with Gasteiger partial charge in [0, 0.05) is 6.54 Å². The third-order valence-corrected chi connectivity index (χ3v) is 3.25. The van der Waals surface area contributed by atoms with Crippen molar-refractivity contribution < 1.29 is 0 Å². The van der Waals surface area contributed by atoms with Crippen LogP contribution in [0.4, 0.5) is 0 Å². The van der Waals surface area contributed by atoms with E-state index >= 15 is 0 Å². The quantitative estimate of drug-likeness (QED) is 0.665. The first-order valence-electron chi connectivity index (χ1n) is 5.65. The predicted octanol–water partition coefficient (Wildman–Crippen LogP) is 3.11. The molecule has 0 radical (unpaired) electrons. The van der Waals surface area contributed by atoms with E-state index in [1.54, 1.807) is 0 Å². The van der Waals surface area contributed by atoms with E-state index in [0.717, 1.165) is 24.8 Å². The number of rotatable bonds is 3. The molecule has 0 aromatic rings. The summed E-state index contributed by atoms with van der Waals surface area (Å²) in [5, 5.41) is 0. The molecule has 1 fully saturated rings. The van der Waals surface area contributed by atoms with Gasteiger partial charge in [0.05, 0.1) is 0 Å². The van der Waals surface area contributed by atoms with Crippen LogP contribution in [-0.4, -0.2) is 6.54 Å². The van der Waals surface area contributed by atoms with E-state index in [9.17, 15) is 0 Å². The molecule has 0 atom stereocenters. The zero-order valence-electron chi connectivity index (χ0n) is 9.05. The Hall–Kier alpha value is -0.300. The lowest BCUT2D eigenvalue weighted by Crippen LogP contribution is -2.12. The van der Waals surface area contributed by atoms with Crippen LogP contribution in [0.1, 0.15) is 46.0 Å². The van der Waals surface area contributed by atoms with Crippen LogP contribution in [0.2, 0.25) is 0 Å². The zero-order chi connectivity index (χ0) is 9.68. The molecule has 1 rings (SSSR count). The molecule has 0 aliphatic heterocycles. The van der Waals surface area contributed by atoms with Gasteiger partial charge in [-0.25, -0.2) is 0 Å². The van der Waals surface area contributed by atoms with Gasteiger partial charge in [0.25, 0.3) is 0 Å². The molecule has 0 aromatic carbocycles. The molecular weight excluding hydrogens is 158 g/mol. The van der Waals surface area contributed by atoms with Crippen molar-refractivity contribution in [3.8, 4) is 0 Å². The van der Waals surface area contributed by atoms with E-state index in [4.69, 9.17) is 5.73 Å². The fraction of sp³-hybridized carbons (Fsp3) is 0.833. The molecule has 2 N–H and O–H groups in total. The molecule has 0 unspecified atom stereocenters. The third kappa shape index (κ3) is 3.51. The van der Waals surface area contributed by atoms with E-state index in [1.807, 2.05) is 0 Å². The van der Waals surface area contributed by atoms with Crippen LogP contribution in [0.15, 0.2) is 11.6 Å². The van der Waals surface area contributed by atoms with Gasteiger partial charge >= 0.3 is 0 Å². The lowest BCUT2D eigenvalue weighted by molar-refractivity contribution is 0.329. The molecule has 0 bridgehead atoms. The van der Waals surface area contributed by atoms with E-state index in [0.29, 0.717) is 0 Å². The van der Waals surface area contributed by atoms with Crippen LogP contribution in [0.5, 0.6) is 0 Å². The fourth-order valence-electron chi connectivity index (χ4n) is 2.12. The average molecular weight is 181 g/mol. The number of nitrogens with two attached hydrogens (primary N) is 1. The normalized spacial score (nSPS) is 30.5. The SMILES string of the molecule is CCC(=CC1CCC(C)CC1)CN. The monoisotopic (exact) mass is 181 g/mol. The summed E-state index contributed by atoms with van der Waals surface area (Å²) in [6, 6.07) is 0. The average Bonchev–Trinajstić information content (AvgIpc) is 2.17. The molecule has 76 valence electrons. The Labute approximate surface area is 82.4 Å². The molecule has 0 aromatic heterocycles. The maximum Gasteiger partial charge on any atom is 0.0136 e. The first-order valence-corrected chi connectivity index (χ1v) is 5.65. The number of hydrogen-bond acceptors (Lipinski definition) is 1. The minimum Gasteiger partial charge on any atom is -0.327 e. The van der Waals surface area contributed by atoms with Crippen LogP contribution in [0.25, 0.3) is 0 Å². The van der Waals surface area contributed by atoms with Gasteiger partial charge in [-0.2, -0.15) is 0 Å². The Morgan fingerprint density at radius 2 is 1.92 bits per heavy atom. The Morgan fingerprint density at radius 3 is 2.38 bits per heavy atom. The molecule has 1 nitrogen and oxygen atoms in total. The van der Waals surface area contributed by atoms with Crippen LogP contribution >= 0.6 is 0 Å². The third-order valence-electron chi connectivity index (χ3n) is 3.25. The van der Waals surface area contributed by atoms with E-state index < -0.39 is 0 Å². The summed E-state index contributed by atoms with van der Waals surface area (Å²) >= 11 is 0. The fourth-order valence-corrected chi connectivity index (χ4v) is 2.12. The highest BCUT2D eigenvalue weighted by atomic mass is 14.5. The smallest absolute Gasteiger partial charge is 0.0136 e. The van der Waals surface area contributed by atoms with E-state index in [-0.39, 0.29) is 0 Å². The maximum atomic E-state index is 5.66. The van der Waals surface area contributed by atoms with Crippen LogP contribution in [0, 0.1) is 11.8 Å². The minimum atomic E-state index is 0.753. The molecular formula is C12H23N. The van der Waals surface area contributed by atoms with Crippen molar-refractivity contribution in [2.45, 2.75) is 46.0 Å². The molecule has 0 spiro atoms. The summed E-state index contributed by atoms with van der Waals surface area (Å²) in [7, 11) is 0. The Balaban J connectivity index is 2.40. The molecule has 0 amide bonds. The summed E-state index contributed by atoms with van der Waals surface area (Å²) in [5.41, 5.74) is 7.10. The second kappa shape index (κ2) is 5.43. The first kappa shape index (κ1) is 10.8. The van der Waals surface area contributed by atoms with Crippen molar-refractivity contribution in [3.63, 3.8) is 0 Å². The standard InChI is InChI=1S/C12H23N/c1-3-11(9-13)8-12-6-4-10(2)5-7-12/h8,10,12H,3-7,9,13H2,1-2H3. The summed E-state index contributed by atoms with van der Waals surface area (Å²) in [5.74, 6) is 1.78. The van der Waals surface area contributed by atoms with Gasteiger partial charge in [0.15, 0.2) is 0 Å². The van der Waals surface area contributed by atoms with Crippen molar-refractivity contribution >= 4 is 0 Å². The van der Waals surface area contributed by atoms with E-state index in [2.05, 4.69) is 19.9 Å². The topological polar surface area (TPSA) is 26.0 Å². The predicted molar refractivity (Wildman–Crippen MR) is 58.6 cm³/mol. The lowest BCUT2D eigenvalue weighted by atomic mass is 9.82. The van der Waals surface area contributed by atoms with Gasteiger partial charge in [-0.15, -0.1) is 0 Å². The molecule has 1 heteroatoms. The van der Waals surface area contributed by atoms with Crippen molar-refractivity contribution in [2.75, 3.05) is 6.54 Å². The van der Waals surface area contributed by atoms with Crippen molar-refractivity contribution in [1.82, 2.24) is 0 Å². The van der Waals surface area contributed by atoms with Gasteiger partial charge in [-0.3, -0.25) is 0 Å². The molecule has 0 heterocycles. The summed E-state index contributed by atoms with van der Waals surface area (Å²) in [6.45, 7) is 5.32. The van der Waals surface area contributed by atoms with E-state index in [1.165, 1.54) is 31.3 Å². The summed E-state index contributed by atoms with van der Waals surface area (Å²) < 4.78 is 0. The van der Waals surface area contributed by atoms with Gasteiger partial charge in [-0.05, 0) is 31.1 Å². The highest BCUT2D eigenvalue weighted by Crippen LogP contribution is 2.29. The van der Waals surface area contributed by atoms with Crippen LogP contribution < -0.4 is 5.73 Å². The number of hydrogen-bond donors (Lipinski definition) is 1. The largest absolute Gasteiger partial charge is 0.327 e. The Kier molecular flexibility index (Phi) is 4.51. The molecule has 1 saturated carbocycles. The lowest BCUT2D eigenvalue weighted by Gasteiger charge is -2.24. The zero-order valence-corrected chi connectivity index (χ0v) is 9.05. The first-order chi connectivity index (χ1) is 6.26. The molecule has 13 heavy (non-hydrogen) atoms. The van der Waals surface area contributed by atoms with Crippen LogP contribution in [0.3, 0.4) is 0 Å². The highest BCUT2D eigenvalue weighted by molar-refractivity contribution is 5.05. The molecule has 1 aliphatic carbocycles. The van der Waals surface area contributed by atoms with Crippen molar-refractivity contribution in [2.24, 2.45) is 17.6 Å². The van der Waals surface area contributed by atoms with Crippen molar-refractivity contribution in [3.05, 3.63) is 11.6 Å². The minimum absolute atomic E-state index is 0.753. The number of allylic oxidation sites excluding steroid dienone is 1. The second-order valence-corrected chi connectivity index (χ2v) is 4.40. The highest BCUT2D eigenvalue weighted by Gasteiger charge is 2.16.